The van der Waals surface area contributed by atoms with Gasteiger partial charge in [0.05, 0.1) is 24.7 Å². The van der Waals surface area contributed by atoms with Crippen LogP contribution in [0.1, 0.15) is 45.4 Å². The highest BCUT2D eigenvalue weighted by Gasteiger charge is 2.38. The van der Waals surface area contributed by atoms with E-state index in [1.165, 1.54) is 6.42 Å². The van der Waals surface area contributed by atoms with Crippen molar-refractivity contribution in [1.29, 1.82) is 0 Å². The van der Waals surface area contributed by atoms with Crippen molar-refractivity contribution in [3.63, 3.8) is 0 Å². The first kappa shape index (κ1) is 20.0. The van der Waals surface area contributed by atoms with E-state index < -0.39 is 9.84 Å². The summed E-state index contributed by atoms with van der Waals surface area (Å²) in [7, 11) is -3.02. The molecule has 1 aliphatic heterocycles. The summed E-state index contributed by atoms with van der Waals surface area (Å²) in [5.74, 6) is 1.10. The van der Waals surface area contributed by atoms with Gasteiger partial charge in [0.1, 0.15) is 5.75 Å². The summed E-state index contributed by atoms with van der Waals surface area (Å²) in [6, 6.07) is 7.53. The number of nitrogens with zero attached hydrogens (tertiary/aromatic N) is 1. The number of hydrogen-bond acceptors (Lipinski definition) is 5. The van der Waals surface area contributed by atoms with Crippen molar-refractivity contribution in [2.75, 3.05) is 30.0 Å². The van der Waals surface area contributed by atoms with Crippen molar-refractivity contribution in [3.05, 3.63) is 24.3 Å². The van der Waals surface area contributed by atoms with Crippen molar-refractivity contribution < 1.29 is 17.9 Å². The number of hydrogen-bond donors (Lipinski definition) is 1. The molecule has 7 heteroatoms. The largest absolute Gasteiger partial charge is 0.494 e. The van der Waals surface area contributed by atoms with Gasteiger partial charge in [0.2, 0.25) is 5.91 Å². The van der Waals surface area contributed by atoms with Crippen LogP contribution in [0.4, 0.5) is 5.69 Å². The molecular formula is C20H30N2O4S. The Morgan fingerprint density at radius 3 is 2.41 bits per heavy atom. The molecule has 1 aromatic carbocycles. The lowest BCUT2D eigenvalue weighted by molar-refractivity contribution is -0.134. The van der Waals surface area contributed by atoms with Crippen LogP contribution in [-0.4, -0.2) is 56.0 Å². The van der Waals surface area contributed by atoms with Crippen LogP contribution in [0, 0.1) is 0 Å². The van der Waals surface area contributed by atoms with Gasteiger partial charge in [0.25, 0.3) is 0 Å². The fraction of sp³-hybridized carbons (Fsp3) is 0.650. The zero-order valence-corrected chi connectivity index (χ0v) is 16.8. The minimum atomic E-state index is -3.02. The molecule has 2 fully saturated rings. The van der Waals surface area contributed by atoms with E-state index in [-0.39, 0.29) is 36.0 Å². The molecule has 150 valence electrons. The molecular weight excluding hydrogens is 364 g/mol. The van der Waals surface area contributed by atoms with Gasteiger partial charge in [-0.2, -0.15) is 0 Å². The Balaban J connectivity index is 1.65. The highest BCUT2D eigenvalue weighted by molar-refractivity contribution is 7.91. The first-order chi connectivity index (χ1) is 13.0. The van der Waals surface area contributed by atoms with Crippen LogP contribution in [0.3, 0.4) is 0 Å². The van der Waals surface area contributed by atoms with Crippen LogP contribution in [0.15, 0.2) is 24.3 Å². The Morgan fingerprint density at radius 2 is 1.81 bits per heavy atom. The normalized spacial score (nSPS) is 22.3. The summed E-state index contributed by atoms with van der Waals surface area (Å²) < 4.78 is 29.3. The smallest absolute Gasteiger partial charge is 0.242 e. The van der Waals surface area contributed by atoms with Crippen LogP contribution in [0.5, 0.6) is 5.75 Å². The van der Waals surface area contributed by atoms with E-state index in [0.717, 1.165) is 37.1 Å². The van der Waals surface area contributed by atoms with E-state index in [0.29, 0.717) is 13.0 Å². The second kappa shape index (κ2) is 8.95. The lowest BCUT2D eigenvalue weighted by atomic mass is 9.93. The van der Waals surface area contributed by atoms with Gasteiger partial charge in [0, 0.05) is 17.8 Å². The highest BCUT2D eigenvalue weighted by atomic mass is 32.2. The molecule has 2 aliphatic rings. The molecule has 27 heavy (non-hydrogen) atoms. The summed E-state index contributed by atoms with van der Waals surface area (Å²) in [5, 5.41) is 3.18. The third kappa shape index (κ3) is 5.37. The predicted octanol–water partition coefficient (Wildman–Crippen LogP) is 2.85. The second-order valence-electron chi connectivity index (χ2n) is 7.46. The van der Waals surface area contributed by atoms with Crippen molar-refractivity contribution in [2.24, 2.45) is 0 Å². The molecule has 1 heterocycles. The third-order valence-corrected chi connectivity index (χ3v) is 7.22. The summed E-state index contributed by atoms with van der Waals surface area (Å²) >= 11 is 0. The van der Waals surface area contributed by atoms with E-state index >= 15 is 0 Å². The van der Waals surface area contributed by atoms with Gasteiger partial charge in [-0.25, -0.2) is 8.42 Å². The molecule has 1 saturated carbocycles. The summed E-state index contributed by atoms with van der Waals surface area (Å²) in [6.45, 7) is 2.74. The van der Waals surface area contributed by atoms with Crippen molar-refractivity contribution in [1.82, 2.24) is 4.90 Å². The zero-order chi connectivity index (χ0) is 19.3. The maximum Gasteiger partial charge on any atom is 0.242 e. The van der Waals surface area contributed by atoms with Gasteiger partial charge >= 0.3 is 0 Å². The number of nitrogens with one attached hydrogen (secondary N) is 1. The quantitative estimate of drug-likeness (QED) is 0.770. The third-order valence-electron chi connectivity index (χ3n) is 5.47. The van der Waals surface area contributed by atoms with Crippen LogP contribution in [-0.2, 0) is 14.6 Å². The number of anilines is 1. The predicted molar refractivity (Wildman–Crippen MR) is 107 cm³/mol. The number of sulfone groups is 1. The van der Waals surface area contributed by atoms with Crippen molar-refractivity contribution >= 4 is 21.4 Å². The van der Waals surface area contributed by atoms with Gasteiger partial charge < -0.3 is 15.0 Å². The average Bonchev–Trinajstić information content (AvgIpc) is 3.02. The van der Waals surface area contributed by atoms with Gasteiger partial charge in [-0.05, 0) is 50.5 Å². The Morgan fingerprint density at radius 1 is 1.11 bits per heavy atom. The molecule has 1 atom stereocenters. The lowest BCUT2D eigenvalue weighted by Crippen LogP contribution is -2.50. The standard InChI is InChI=1S/C20H30N2O4S/c1-2-26-19-10-8-16(9-11-19)21-14-20(23)22(17-6-4-3-5-7-17)18-12-13-27(24,25)15-18/h8-11,17-18,21H,2-7,12-15H2,1H3. The Labute approximate surface area is 162 Å². The first-order valence-corrected chi connectivity index (χ1v) is 11.8. The molecule has 1 aliphatic carbocycles. The number of amides is 1. The molecule has 0 aromatic heterocycles. The van der Waals surface area contributed by atoms with E-state index in [9.17, 15) is 13.2 Å². The van der Waals surface area contributed by atoms with Crippen LogP contribution in [0.2, 0.25) is 0 Å². The highest BCUT2D eigenvalue weighted by Crippen LogP contribution is 2.28. The van der Waals surface area contributed by atoms with E-state index in [1.54, 1.807) is 0 Å². The van der Waals surface area contributed by atoms with Crippen molar-refractivity contribution in [2.45, 2.75) is 57.5 Å². The van der Waals surface area contributed by atoms with E-state index in [4.69, 9.17) is 4.74 Å². The molecule has 1 amide bonds. The van der Waals surface area contributed by atoms with Gasteiger partial charge in [-0.3, -0.25) is 4.79 Å². The second-order valence-corrected chi connectivity index (χ2v) is 9.69. The van der Waals surface area contributed by atoms with Gasteiger partial charge in [0.15, 0.2) is 9.84 Å². The molecule has 6 nitrogen and oxygen atoms in total. The lowest BCUT2D eigenvalue weighted by Gasteiger charge is -2.38. The SMILES string of the molecule is CCOc1ccc(NCC(=O)N(C2CCCCC2)C2CCS(=O)(=O)C2)cc1. The van der Waals surface area contributed by atoms with Gasteiger partial charge in [-0.1, -0.05) is 19.3 Å². The molecule has 1 aromatic rings. The van der Waals surface area contributed by atoms with Crippen LogP contribution in [0.25, 0.3) is 0 Å². The fourth-order valence-electron chi connectivity index (χ4n) is 4.16. The minimum Gasteiger partial charge on any atom is -0.494 e. The molecule has 0 bridgehead atoms. The number of rotatable bonds is 7. The molecule has 1 N–H and O–H groups in total. The number of carbonyl (C=O) groups is 1. The zero-order valence-electron chi connectivity index (χ0n) is 16.0. The first-order valence-electron chi connectivity index (χ1n) is 9.97. The van der Waals surface area contributed by atoms with Gasteiger partial charge in [-0.15, -0.1) is 0 Å². The summed E-state index contributed by atoms with van der Waals surface area (Å²) in [5.41, 5.74) is 0.856. The average molecular weight is 395 g/mol. The Hall–Kier alpha value is -1.76. The fourth-order valence-corrected chi connectivity index (χ4v) is 5.88. The topological polar surface area (TPSA) is 75.7 Å². The summed E-state index contributed by atoms with van der Waals surface area (Å²) in [4.78, 5) is 14.9. The minimum absolute atomic E-state index is 0.00196. The molecule has 1 saturated heterocycles. The van der Waals surface area contributed by atoms with Crippen LogP contribution >= 0.6 is 0 Å². The Bertz CT molecular complexity index is 727. The maximum atomic E-state index is 13.0. The molecule has 1 unspecified atom stereocenters. The number of carbonyl (C=O) groups excluding carboxylic acids is 1. The Kier molecular flexibility index (Phi) is 6.63. The summed E-state index contributed by atoms with van der Waals surface area (Å²) in [6.07, 6.45) is 5.94. The number of benzene rings is 1. The monoisotopic (exact) mass is 394 g/mol. The molecule has 0 radical (unpaired) electrons. The molecule has 3 rings (SSSR count). The molecule has 0 spiro atoms. The van der Waals surface area contributed by atoms with E-state index in [1.807, 2.05) is 36.1 Å². The van der Waals surface area contributed by atoms with Crippen LogP contribution < -0.4 is 10.1 Å². The van der Waals surface area contributed by atoms with E-state index in [2.05, 4.69) is 5.32 Å². The number of ether oxygens (including phenoxy) is 1. The maximum absolute atomic E-state index is 13.0. The van der Waals surface area contributed by atoms with Crippen molar-refractivity contribution in [3.8, 4) is 5.75 Å².